The van der Waals surface area contributed by atoms with Crippen LogP contribution in [0.1, 0.15) is 45.6 Å². The first-order valence-electron chi connectivity index (χ1n) is 7.52. The third-order valence-corrected chi connectivity index (χ3v) is 5.54. The van der Waals surface area contributed by atoms with E-state index in [0.29, 0.717) is 25.0 Å². The molecule has 1 unspecified atom stereocenters. The van der Waals surface area contributed by atoms with Gasteiger partial charge in [0.25, 0.3) is 0 Å². The van der Waals surface area contributed by atoms with Crippen molar-refractivity contribution >= 4 is 39.7 Å². The Hall–Kier alpha value is -1.92. The summed E-state index contributed by atoms with van der Waals surface area (Å²) in [5, 5.41) is 0.317. The average molecular weight is 368 g/mol. The molecule has 1 heterocycles. The minimum absolute atomic E-state index is 0.0410. The number of hydrogen-bond donors (Lipinski definition) is 1. The van der Waals surface area contributed by atoms with E-state index in [0.717, 1.165) is 4.88 Å². The molecule has 7 heteroatoms. The Morgan fingerprint density at radius 3 is 2.83 bits per heavy atom. The van der Waals surface area contributed by atoms with Crippen molar-refractivity contribution in [1.29, 1.82) is 0 Å². The zero-order valence-electron chi connectivity index (χ0n) is 12.9. The summed E-state index contributed by atoms with van der Waals surface area (Å²) in [5.41, 5.74) is 6.78. The van der Waals surface area contributed by atoms with Crippen LogP contribution in [0.25, 0.3) is 0 Å². The second-order valence-electron chi connectivity index (χ2n) is 5.45. The van der Waals surface area contributed by atoms with E-state index >= 15 is 0 Å². The number of halogens is 2. The highest BCUT2D eigenvalue weighted by Gasteiger charge is 2.37. The molecule has 1 atom stereocenters. The Balaban J connectivity index is 2.04. The molecule has 1 aliphatic carbocycles. The number of ketones is 1. The summed E-state index contributed by atoms with van der Waals surface area (Å²) in [6, 6.07) is 4.08. The van der Waals surface area contributed by atoms with Gasteiger partial charge in [-0.1, -0.05) is 17.7 Å². The monoisotopic (exact) mass is 367 g/mol. The van der Waals surface area contributed by atoms with E-state index in [4.69, 9.17) is 22.1 Å². The third kappa shape index (κ3) is 2.70. The topological polar surface area (TPSA) is 69.4 Å². The highest BCUT2D eigenvalue weighted by Crippen LogP contribution is 2.45. The molecular formula is C17H15ClFNO3S. The number of thiophene rings is 1. The number of esters is 1. The lowest BCUT2D eigenvalue weighted by Gasteiger charge is -2.07. The van der Waals surface area contributed by atoms with Crippen LogP contribution in [0.4, 0.5) is 9.39 Å². The van der Waals surface area contributed by atoms with E-state index < -0.39 is 17.5 Å². The van der Waals surface area contributed by atoms with E-state index in [1.165, 1.54) is 29.5 Å². The van der Waals surface area contributed by atoms with Crippen LogP contribution >= 0.6 is 22.9 Å². The first kappa shape index (κ1) is 16.9. The summed E-state index contributed by atoms with van der Waals surface area (Å²) in [6.45, 7) is 2.04. The highest BCUT2D eigenvalue weighted by atomic mass is 35.5. The van der Waals surface area contributed by atoms with Crippen LogP contribution in [0, 0.1) is 5.82 Å². The Morgan fingerprint density at radius 1 is 1.42 bits per heavy atom. The van der Waals surface area contributed by atoms with Gasteiger partial charge in [0.1, 0.15) is 5.82 Å². The van der Waals surface area contributed by atoms with Crippen molar-refractivity contribution in [2.75, 3.05) is 12.3 Å². The van der Waals surface area contributed by atoms with E-state index in [2.05, 4.69) is 0 Å². The SMILES string of the molecule is CCOC(=O)C1CCc2c1sc(N)c2C(=O)c1c(F)cccc1Cl. The Morgan fingerprint density at radius 2 is 2.17 bits per heavy atom. The van der Waals surface area contributed by atoms with Gasteiger partial charge in [-0.05, 0) is 37.5 Å². The number of anilines is 1. The summed E-state index contributed by atoms with van der Waals surface area (Å²) in [4.78, 5) is 25.6. The smallest absolute Gasteiger partial charge is 0.314 e. The molecule has 1 aromatic heterocycles. The van der Waals surface area contributed by atoms with E-state index in [9.17, 15) is 14.0 Å². The van der Waals surface area contributed by atoms with Crippen molar-refractivity contribution in [3.8, 4) is 0 Å². The van der Waals surface area contributed by atoms with Gasteiger partial charge in [-0.2, -0.15) is 0 Å². The molecule has 0 bridgehead atoms. The van der Waals surface area contributed by atoms with Crippen molar-refractivity contribution in [2.45, 2.75) is 25.7 Å². The van der Waals surface area contributed by atoms with Crippen LogP contribution in [0.15, 0.2) is 18.2 Å². The quantitative estimate of drug-likeness (QED) is 0.656. The van der Waals surface area contributed by atoms with Crippen LogP contribution < -0.4 is 5.73 Å². The van der Waals surface area contributed by atoms with Gasteiger partial charge in [-0.25, -0.2) is 4.39 Å². The number of benzene rings is 1. The number of carbonyl (C=O) groups excluding carboxylic acids is 2. The van der Waals surface area contributed by atoms with Crippen molar-refractivity contribution in [2.24, 2.45) is 0 Å². The van der Waals surface area contributed by atoms with Crippen LogP contribution in [0.2, 0.25) is 5.02 Å². The van der Waals surface area contributed by atoms with Gasteiger partial charge >= 0.3 is 5.97 Å². The maximum absolute atomic E-state index is 14.1. The zero-order chi connectivity index (χ0) is 17.4. The second-order valence-corrected chi connectivity index (χ2v) is 6.94. The Kier molecular flexibility index (Phi) is 4.60. The first-order valence-corrected chi connectivity index (χ1v) is 8.71. The van der Waals surface area contributed by atoms with Crippen molar-refractivity contribution in [1.82, 2.24) is 0 Å². The van der Waals surface area contributed by atoms with E-state index in [1.54, 1.807) is 6.92 Å². The van der Waals surface area contributed by atoms with Crippen molar-refractivity contribution < 1.29 is 18.7 Å². The normalized spacial score (nSPS) is 16.0. The first-order chi connectivity index (χ1) is 11.5. The fraction of sp³-hybridized carbons (Fsp3) is 0.294. The van der Waals surface area contributed by atoms with Crippen LogP contribution in [0.3, 0.4) is 0 Å². The molecule has 1 aromatic carbocycles. The van der Waals surface area contributed by atoms with Gasteiger partial charge in [0.15, 0.2) is 0 Å². The second kappa shape index (κ2) is 6.53. The van der Waals surface area contributed by atoms with E-state index in [-0.39, 0.29) is 27.1 Å². The van der Waals surface area contributed by atoms with Gasteiger partial charge in [0.05, 0.1) is 33.7 Å². The molecule has 2 aromatic rings. The van der Waals surface area contributed by atoms with Crippen molar-refractivity contribution in [3.05, 3.63) is 50.6 Å². The lowest BCUT2D eigenvalue weighted by atomic mass is 10.00. The van der Waals surface area contributed by atoms with Gasteiger partial charge in [0, 0.05) is 4.88 Å². The fourth-order valence-electron chi connectivity index (χ4n) is 3.01. The molecule has 1 aliphatic rings. The zero-order valence-corrected chi connectivity index (χ0v) is 14.5. The van der Waals surface area contributed by atoms with Crippen molar-refractivity contribution in [3.63, 3.8) is 0 Å². The average Bonchev–Trinajstić information content (AvgIpc) is 3.04. The van der Waals surface area contributed by atoms with Crippen LogP contribution in [0.5, 0.6) is 0 Å². The van der Waals surface area contributed by atoms with Crippen LogP contribution in [-0.4, -0.2) is 18.4 Å². The maximum Gasteiger partial charge on any atom is 0.314 e. The van der Waals surface area contributed by atoms with Gasteiger partial charge in [0.2, 0.25) is 5.78 Å². The Bertz CT molecular complexity index is 813. The standard InChI is InChI=1S/C17H15ClFNO3S/c1-2-23-17(22)9-7-6-8-12(16(20)24-15(8)9)14(21)13-10(18)4-3-5-11(13)19/h3-5,9H,2,6-7,20H2,1H3. The molecule has 0 fully saturated rings. The fourth-order valence-corrected chi connectivity index (χ4v) is 4.50. The number of fused-ring (bicyclic) bond motifs is 1. The molecule has 0 radical (unpaired) electrons. The molecule has 2 N–H and O–H groups in total. The summed E-state index contributed by atoms with van der Waals surface area (Å²) in [7, 11) is 0. The molecule has 24 heavy (non-hydrogen) atoms. The lowest BCUT2D eigenvalue weighted by molar-refractivity contribution is -0.144. The molecule has 0 aliphatic heterocycles. The van der Waals surface area contributed by atoms with E-state index in [1.807, 2.05) is 0 Å². The predicted molar refractivity (Wildman–Crippen MR) is 91.3 cm³/mol. The number of carbonyl (C=O) groups is 2. The molecular weight excluding hydrogens is 353 g/mol. The predicted octanol–water partition coefficient (Wildman–Crippen LogP) is 3.95. The summed E-state index contributed by atoms with van der Waals surface area (Å²) in [6.07, 6.45) is 1.09. The molecule has 3 rings (SSSR count). The number of hydrogen-bond acceptors (Lipinski definition) is 5. The number of ether oxygens (including phenoxy) is 1. The summed E-state index contributed by atoms with van der Waals surface area (Å²) in [5.74, 6) is -1.96. The molecule has 0 saturated carbocycles. The number of nitrogens with two attached hydrogens (primary N) is 1. The van der Waals surface area contributed by atoms with Gasteiger partial charge < -0.3 is 10.5 Å². The highest BCUT2D eigenvalue weighted by molar-refractivity contribution is 7.16. The molecule has 4 nitrogen and oxygen atoms in total. The molecule has 0 saturated heterocycles. The lowest BCUT2D eigenvalue weighted by Crippen LogP contribution is -2.12. The number of nitrogen functional groups attached to an aromatic ring is 1. The largest absolute Gasteiger partial charge is 0.465 e. The minimum Gasteiger partial charge on any atom is -0.465 e. The molecule has 0 spiro atoms. The van der Waals surface area contributed by atoms with Gasteiger partial charge in [-0.15, -0.1) is 11.3 Å². The third-order valence-electron chi connectivity index (χ3n) is 4.05. The number of rotatable bonds is 4. The maximum atomic E-state index is 14.1. The summed E-state index contributed by atoms with van der Waals surface area (Å²) >= 11 is 7.18. The minimum atomic E-state index is -0.688. The summed E-state index contributed by atoms with van der Waals surface area (Å²) < 4.78 is 19.1. The van der Waals surface area contributed by atoms with Crippen LogP contribution in [-0.2, 0) is 16.0 Å². The Labute approximate surface area is 147 Å². The molecule has 126 valence electrons. The van der Waals surface area contributed by atoms with Gasteiger partial charge in [-0.3, -0.25) is 9.59 Å². The molecule has 0 amide bonds.